The van der Waals surface area contributed by atoms with Gasteiger partial charge < -0.3 is 44.8 Å². The van der Waals surface area contributed by atoms with Gasteiger partial charge in [-0.3, -0.25) is 0 Å². The highest BCUT2D eigenvalue weighted by atomic mass is 16.8. The normalized spacial score (nSPS) is 42.5. The van der Waals surface area contributed by atoms with Crippen molar-refractivity contribution in [2.24, 2.45) is 11.8 Å². The molecule has 2 aliphatic heterocycles. The van der Waals surface area contributed by atoms with Crippen molar-refractivity contribution in [2.75, 3.05) is 13.2 Å². The zero-order valence-electron chi connectivity index (χ0n) is 13.7. The molecule has 0 saturated carbocycles. The maximum atomic E-state index is 11.4. The zero-order chi connectivity index (χ0) is 19.0. The topological polar surface area (TPSA) is 166 Å². The Morgan fingerprint density at radius 2 is 1.88 bits per heavy atom. The maximum Gasteiger partial charge on any atom is 0.335 e. The van der Waals surface area contributed by atoms with Crippen molar-refractivity contribution in [3.63, 3.8) is 0 Å². The minimum Gasteiger partial charge on any atom is -0.478 e. The summed E-state index contributed by atoms with van der Waals surface area (Å²) in [6.07, 6.45) is -5.21. The van der Waals surface area contributed by atoms with E-state index in [1.807, 2.05) is 0 Å². The predicted octanol–water partition coefficient (Wildman–Crippen LogP) is -2.32. The summed E-state index contributed by atoms with van der Waals surface area (Å²) in [4.78, 5) is 11.4. The summed E-state index contributed by atoms with van der Waals surface area (Å²) in [7, 11) is 0. The lowest BCUT2D eigenvalue weighted by Gasteiger charge is -2.42. The van der Waals surface area contributed by atoms with Gasteiger partial charge in [-0.25, -0.2) is 4.79 Å². The van der Waals surface area contributed by atoms with E-state index in [-0.39, 0.29) is 12.2 Å². The average Bonchev–Trinajstić information content (AvgIpc) is 3.06. The van der Waals surface area contributed by atoms with E-state index in [9.17, 15) is 35.4 Å². The fraction of sp³-hybridized carbons (Fsp3) is 0.688. The Hall–Kier alpha value is -1.53. The van der Waals surface area contributed by atoms with Gasteiger partial charge in [0.05, 0.1) is 31.0 Å². The number of carboxylic acids is 1. The fourth-order valence-electron chi connectivity index (χ4n) is 3.62. The average molecular weight is 374 g/mol. The molecule has 1 aliphatic carbocycles. The van der Waals surface area contributed by atoms with Crippen LogP contribution in [-0.2, 0) is 19.0 Å². The lowest BCUT2D eigenvalue weighted by atomic mass is 9.83. The van der Waals surface area contributed by atoms with Crippen molar-refractivity contribution in [3.05, 3.63) is 23.5 Å². The van der Waals surface area contributed by atoms with Crippen molar-refractivity contribution in [3.8, 4) is 0 Å². The molecule has 1 fully saturated rings. The molecule has 26 heavy (non-hydrogen) atoms. The zero-order valence-corrected chi connectivity index (χ0v) is 13.7. The first-order chi connectivity index (χ1) is 12.4. The quantitative estimate of drug-likeness (QED) is 0.288. The third kappa shape index (κ3) is 3.25. The van der Waals surface area contributed by atoms with Crippen LogP contribution < -0.4 is 0 Å². The summed E-state index contributed by atoms with van der Waals surface area (Å²) in [6, 6.07) is 0. The van der Waals surface area contributed by atoms with Gasteiger partial charge in [-0.15, -0.1) is 0 Å². The number of hydrogen-bond acceptors (Lipinski definition) is 9. The molecule has 0 aromatic heterocycles. The largest absolute Gasteiger partial charge is 0.478 e. The number of aliphatic hydroxyl groups is 5. The summed E-state index contributed by atoms with van der Waals surface area (Å²) in [5.74, 6) is -2.22. The Kier molecular flexibility index (Phi) is 5.63. The minimum atomic E-state index is -1.61. The van der Waals surface area contributed by atoms with Gasteiger partial charge >= 0.3 is 5.97 Å². The van der Waals surface area contributed by atoms with E-state index in [0.717, 1.165) is 6.26 Å². The Morgan fingerprint density at radius 3 is 2.50 bits per heavy atom. The van der Waals surface area contributed by atoms with E-state index < -0.39 is 61.4 Å². The van der Waals surface area contributed by atoms with Crippen molar-refractivity contribution in [1.82, 2.24) is 0 Å². The molecule has 1 saturated heterocycles. The second-order valence-electron chi connectivity index (χ2n) is 6.52. The Labute approximate surface area is 148 Å². The van der Waals surface area contributed by atoms with Gasteiger partial charge in [0.1, 0.15) is 24.4 Å². The standard InChI is InChI=1S/C16H22O10/c17-3-6-1-2-7-8(14(22)23)5-24-15(10(6)7)26-16-13(21)12(20)11(19)9(4-18)25-16/h1,5,7,9-13,15-21H,2-4H2,(H,22,23)/t7-,9-,10-,11-,12+,13-,15-,16-/m1/s1. The number of ether oxygens (including phenoxy) is 3. The highest BCUT2D eigenvalue weighted by molar-refractivity contribution is 5.87. The number of carbonyl (C=O) groups is 1. The van der Waals surface area contributed by atoms with Crippen LogP contribution in [0.15, 0.2) is 23.5 Å². The molecular formula is C16H22O10. The van der Waals surface area contributed by atoms with Crippen LogP contribution in [-0.4, -0.2) is 86.8 Å². The molecule has 0 aromatic rings. The summed E-state index contributed by atoms with van der Waals surface area (Å²) in [5, 5.41) is 57.8. The molecule has 8 atom stereocenters. The van der Waals surface area contributed by atoms with Gasteiger partial charge in [0.25, 0.3) is 0 Å². The van der Waals surface area contributed by atoms with E-state index in [4.69, 9.17) is 14.2 Å². The highest BCUT2D eigenvalue weighted by Gasteiger charge is 2.49. The molecule has 146 valence electrons. The van der Waals surface area contributed by atoms with E-state index in [2.05, 4.69) is 0 Å². The first-order valence-electron chi connectivity index (χ1n) is 8.23. The highest BCUT2D eigenvalue weighted by Crippen LogP contribution is 2.44. The van der Waals surface area contributed by atoms with E-state index >= 15 is 0 Å². The van der Waals surface area contributed by atoms with Crippen LogP contribution in [0.4, 0.5) is 0 Å². The Bertz CT molecular complexity index is 600. The van der Waals surface area contributed by atoms with E-state index in [1.165, 1.54) is 0 Å². The van der Waals surface area contributed by atoms with Gasteiger partial charge in [0.2, 0.25) is 6.29 Å². The molecule has 0 unspecified atom stereocenters. The third-order valence-corrected chi connectivity index (χ3v) is 5.06. The maximum absolute atomic E-state index is 11.4. The number of fused-ring (bicyclic) bond motifs is 1. The first-order valence-corrected chi connectivity index (χ1v) is 8.23. The van der Waals surface area contributed by atoms with Crippen molar-refractivity contribution in [2.45, 2.75) is 43.4 Å². The number of carboxylic acid groups (broad SMARTS) is 1. The summed E-state index contributed by atoms with van der Waals surface area (Å²) in [6.45, 7) is -0.917. The van der Waals surface area contributed by atoms with Crippen LogP contribution in [0.5, 0.6) is 0 Å². The number of aliphatic carboxylic acids is 1. The van der Waals surface area contributed by atoms with Gasteiger partial charge in [0.15, 0.2) is 6.29 Å². The van der Waals surface area contributed by atoms with E-state index in [1.54, 1.807) is 6.08 Å². The van der Waals surface area contributed by atoms with E-state index in [0.29, 0.717) is 12.0 Å². The molecule has 0 bridgehead atoms. The minimum absolute atomic E-state index is 0.0448. The van der Waals surface area contributed by atoms with Crippen LogP contribution in [0.25, 0.3) is 0 Å². The lowest BCUT2D eigenvalue weighted by Crippen LogP contribution is -2.60. The van der Waals surface area contributed by atoms with Gasteiger partial charge in [-0.05, 0) is 12.0 Å². The number of aliphatic hydroxyl groups excluding tert-OH is 5. The third-order valence-electron chi connectivity index (χ3n) is 5.06. The number of rotatable bonds is 5. The van der Waals surface area contributed by atoms with Crippen molar-refractivity contribution < 1.29 is 49.6 Å². The Morgan fingerprint density at radius 1 is 1.15 bits per heavy atom. The molecule has 0 radical (unpaired) electrons. The molecule has 0 spiro atoms. The molecule has 0 amide bonds. The monoisotopic (exact) mass is 374 g/mol. The summed E-state index contributed by atoms with van der Waals surface area (Å²) < 4.78 is 16.3. The van der Waals surface area contributed by atoms with Crippen LogP contribution in [0.3, 0.4) is 0 Å². The smallest absolute Gasteiger partial charge is 0.335 e. The molecule has 0 aromatic carbocycles. The predicted molar refractivity (Wildman–Crippen MR) is 82.2 cm³/mol. The SMILES string of the molecule is O=C(O)C1=CO[C@H](O[C@H]2O[C@H](CO)[C@@H](O)[C@H](O)[C@H]2O)[C@@H]2C(CO)=CC[C@H]12. The number of hydrogen-bond donors (Lipinski definition) is 6. The van der Waals surface area contributed by atoms with Crippen LogP contribution in [0.2, 0.25) is 0 Å². The van der Waals surface area contributed by atoms with Crippen molar-refractivity contribution >= 4 is 5.97 Å². The Balaban J connectivity index is 1.80. The molecule has 10 heteroatoms. The van der Waals surface area contributed by atoms with Crippen LogP contribution >= 0.6 is 0 Å². The van der Waals surface area contributed by atoms with Gasteiger partial charge in [-0.1, -0.05) is 6.08 Å². The summed E-state index contributed by atoms with van der Waals surface area (Å²) in [5.41, 5.74) is 0.583. The second-order valence-corrected chi connectivity index (χ2v) is 6.52. The fourth-order valence-corrected chi connectivity index (χ4v) is 3.62. The number of allylic oxidation sites excluding steroid dienone is 1. The second kappa shape index (κ2) is 7.61. The van der Waals surface area contributed by atoms with Gasteiger partial charge in [-0.2, -0.15) is 0 Å². The molecule has 6 N–H and O–H groups in total. The molecule has 3 aliphatic rings. The first kappa shape index (κ1) is 19.2. The van der Waals surface area contributed by atoms with Crippen LogP contribution in [0, 0.1) is 11.8 Å². The molecule has 3 rings (SSSR count). The van der Waals surface area contributed by atoms with Crippen LogP contribution in [0.1, 0.15) is 6.42 Å². The summed E-state index contributed by atoms with van der Waals surface area (Å²) >= 11 is 0. The molecular weight excluding hydrogens is 352 g/mol. The van der Waals surface area contributed by atoms with Gasteiger partial charge in [0, 0.05) is 5.92 Å². The molecule has 2 heterocycles. The molecule has 10 nitrogen and oxygen atoms in total. The van der Waals surface area contributed by atoms with Crippen molar-refractivity contribution in [1.29, 1.82) is 0 Å². The lowest BCUT2D eigenvalue weighted by molar-refractivity contribution is -0.339.